The number of nitrogens with two attached hydrogens (primary N) is 2. The van der Waals surface area contributed by atoms with Crippen LogP contribution in [0.4, 0.5) is 5.69 Å². The average molecular weight is 462 g/mol. The van der Waals surface area contributed by atoms with Crippen LogP contribution in [-0.2, 0) is 11.3 Å². The van der Waals surface area contributed by atoms with E-state index in [9.17, 15) is 4.79 Å². The van der Waals surface area contributed by atoms with Gasteiger partial charge in [-0.25, -0.2) is 4.98 Å². The number of nitrogens with zero attached hydrogens (tertiary/aromatic N) is 2. The summed E-state index contributed by atoms with van der Waals surface area (Å²) in [5.41, 5.74) is 15.0. The highest BCUT2D eigenvalue weighted by molar-refractivity contribution is 6.42. The summed E-state index contributed by atoms with van der Waals surface area (Å²) in [6.07, 6.45) is 2.74. The van der Waals surface area contributed by atoms with Crippen molar-refractivity contribution >= 4 is 56.8 Å². The van der Waals surface area contributed by atoms with Crippen molar-refractivity contribution in [3.8, 4) is 11.3 Å². The SMILES string of the molecule is CC(=O)O.NCCCn1cc(-c2nc3cc(Cl)c(Cl)cc3[nH]c2=O)c2cc(N)ccc21. The summed E-state index contributed by atoms with van der Waals surface area (Å²) in [4.78, 5) is 29.1. The van der Waals surface area contributed by atoms with E-state index in [4.69, 9.17) is 44.6 Å². The molecule has 6 N–H and O–H groups in total. The first-order valence-electron chi connectivity index (χ1n) is 9.38. The van der Waals surface area contributed by atoms with Crippen LogP contribution in [0.5, 0.6) is 0 Å². The molecule has 0 saturated carbocycles. The Bertz CT molecular complexity index is 1330. The number of rotatable bonds is 4. The molecule has 10 heteroatoms. The van der Waals surface area contributed by atoms with Gasteiger partial charge in [0.25, 0.3) is 11.5 Å². The molecule has 2 aromatic heterocycles. The molecule has 4 aromatic rings. The summed E-state index contributed by atoms with van der Waals surface area (Å²) >= 11 is 12.1. The van der Waals surface area contributed by atoms with Gasteiger partial charge in [0.2, 0.25) is 0 Å². The van der Waals surface area contributed by atoms with Crippen LogP contribution < -0.4 is 17.0 Å². The Morgan fingerprint density at radius 3 is 2.58 bits per heavy atom. The fourth-order valence-electron chi connectivity index (χ4n) is 3.21. The molecule has 0 spiro atoms. The first-order chi connectivity index (χ1) is 14.7. The topological polar surface area (TPSA) is 140 Å². The quantitative estimate of drug-likeness (QED) is 0.340. The smallest absolute Gasteiger partial charge is 0.300 e. The first kappa shape index (κ1) is 22.6. The van der Waals surface area contributed by atoms with Gasteiger partial charge in [-0.3, -0.25) is 9.59 Å². The van der Waals surface area contributed by atoms with Gasteiger partial charge < -0.3 is 26.1 Å². The van der Waals surface area contributed by atoms with E-state index in [1.54, 1.807) is 12.1 Å². The van der Waals surface area contributed by atoms with Crippen molar-refractivity contribution in [3.05, 3.63) is 56.9 Å². The van der Waals surface area contributed by atoms with Crippen LogP contribution in [0.25, 0.3) is 33.2 Å². The summed E-state index contributed by atoms with van der Waals surface area (Å²) in [5.74, 6) is -0.833. The van der Waals surface area contributed by atoms with Crippen molar-refractivity contribution in [2.24, 2.45) is 5.73 Å². The van der Waals surface area contributed by atoms with E-state index in [0.717, 1.165) is 30.8 Å². The highest BCUT2D eigenvalue weighted by atomic mass is 35.5. The first-order valence-corrected chi connectivity index (χ1v) is 10.1. The summed E-state index contributed by atoms with van der Waals surface area (Å²) in [6, 6.07) is 8.87. The van der Waals surface area contributed by atoms with Gasteiger partial charge in [-0.2, -0.15) is 0 Å². The van der Waals surface area contributed by atoms with Crippen molar-refractivity contribution in [3.63, 3.8) is 0 Å². The third-order valence-electron chi connectivity index (χ3n) is 4.50. The molecular formula is C21H21Cl2N5O3. The maximum absolute atomic E-state index is 12.7. The lowest BCUT2D eigenvalue weighted by molar-refractivity contribution is -0.134. The van der Waals surface area contributed by atoms with E-state index >= 15 is 0 Å². The number of aliphatic carboxylic acids is 1. The molecule has 0 aliphatic heterocycles. The van der Waals surface area contributed by atoms with Crippen LogP contribution in [-0.4, -0.2) is 32.2 Å². The Hall–Kier alpha value is -3.07. The lowest BCUT2D eigenvalue weighted by atomic mass is 10.1. The Morgan fingerprint density at radius 2 is 1.90 bits per heavy atom. The fourth-order valence-corrected chi connectivity index (χ4v) is 3.54. The summed E-state index contributed by atoms with van der Waals surface area (Å²) in [5, 5.41) is 9.02. The number of benzene rings is 2. The second kappa shape index (κ2) is 9.38. The highest BCUT2D eigenvalue weighted by Crippen LogP contribution is 2.31. The number of nitrogens with one attached hydrogen (secondary N) is 1. The number of carboxylic acid groups (broad SMARTS) is 1. The number of aryl methyl sites for hydroxylation is 1. The van der Waals surface area contributed by atoms with Crippen molar-refractivity contribution in [2.75, 3.05) is 12.3 Å². The third-order valence-corrected chi connectivity index (χ3v) is 5.22. The number of hydrogen-bond donors (Lipinski definition) is 4. The van der Waals surface area contributed by atoms with Gasteiger partial charge in [-0.05, 0) is 43.3 Å². The van der Waals surface area contributed by atoms with Gasteiger partial charge in [-0.15, -0.1) is 0 Å². The molecule has 0 unspecified atom stereocenters. The molecule has 8 nitrogen and oxygen atoms in total. The second-order valence-electron chi connectivity index (χ2n) is 6.87. The minimum Gasteiger partial charge on any atom is -0.481 e. The van der Waals surface area contributed by atoms with Gasteiger partial charge in [0.05, 0.1) is 21.1 Å². The highest BCUT2D eigenvalue weighted by Gasteiger charge is 2.16. The number of carboxylic acids is 1. The van der Waals surface area contributed by atoms with Crippen LogP contribution in [0, 0.1) is 0 Å². The zero-order chi connectivity index (χ0) is 22.7. The number of aromatic amines is 1. The number of aromatic nitrogens is 3. The summed E-state index contributed by atoms with van der Waals surface area (Å²) < 4.78 is 2.07. The Balaban J connectivity index is 0.000000628. The molecular weight excluding hydrogens is 441 g/mol. The number of halogens is 2. The summed E-state index contributed by atoms with van der Waals surface area (Å²) in [7, 11) is 0. The summed E-state index contributed by atoms with van der Waals surface area (Å²) in [6.45, 7) is 2.40. The Morgan fingerprint density at radius 1 is 1.23 bits per heavy atom. The molecule has 0 saturated heterocycles. The molecule has 0 fully saturated rings. The predicted octanol–water partition coefficient (Wildman–Crippen LogP) is 3.87. The van der Waals surface area contributed by atoms with Crippen LogP contribution in [0.2, 0.25) is 10.0 Å². The van der Waals surface area contributed by atoms with Crippen LogP contribution in [0.3, 0.4) is 0 Å². The van der Waals surface area contributed by atoms with E-state index in [2.05, 4.69) is 14.5 Å². The van der Waals surface area contributed by atoms with Crippen molar-refractivity contribution in [2.45, 2.75) is 19.9 Å². The zero-order valence-electron chi connectivity index (χ0n) is 16.7. The average Bonchev–Trinajstić information content (AvgIpc) is 3.04. The van der Waals surface area contributed by atoms with Crippen molar-refractivity contribution in [1.82, 2.24) is 14.5 Å². The third kappa shape index (κ3) is 4.99. The molecule has 0 amide bonds. The minimum absolute atomic E-state index is 0.304. The molecule has 0 bridgehead atoms. The fraction of sp³-hybridized carbons (Fsp3) is 0.190. The second-order valence-corrected chi connectivity index (χ2v) is 7.69. The normalized spacial score (nSPS) is 10.8. The number of anilines is 1. The van der Waals surface area contributed by atoms with Crippen molar-refractivity contribution in [1.29, 1.82) is 0 Å². The van der Waals surface area contributed by atoms with Crippen molar-refractivity contribution < 1.29 is 9.90 Å². The number of fused-ring (bicyclic) bond motifs is 2. The van der Waals surface area contributed by atoms with E-state index in [-0.39, 0.29) is 5.56 Å². The minimum atomic E-state index is -0.833. The van der Waals surface area contributed by atoms with E-state index in [1.165, 1.54) is 0 Å². The van der Waals surface area contributed by atoms with Gasteiger partial charge in [-0.1, -0.05) is 23.2 Å². The molecule has 0 atom stereocenters. The number of carbonyl (C=O) groups is 1. The monoisotopic (exact) mass is 461 g/mol. The Kier molecular flexibility index (Phi) is 6.84. The van der Waals surface area contributed by atoms with E-state index in [0.29, 0.717) is 44.6 Å². The van der Waals surface area contributed by atoms with Crippen LogP contribution in [0.15, 0.2) is 41.3 Å². The molecule has 31 heavy (non-hydrogen) atoms. The Labute approximate surface area is 187 Å². The molecule has 4 rings (SSSR count). The van der Waals surface area contributed by atoms with Crippen LogP contribution in [0.1, 0.15) is 13.3 Å². The molecule has 2 aromatic carbocycles. The van der Waals surface area contributed by atoms with E-state index < -0.39 is 5.97 Å². The van der Waals surface area contributed by atoms with E-state index in [1.807, 2.05) is 24.4 Å². The molecule has 0 aliphatic rings. The van der Waals surface area contributed by atoms with Gasteiger partial charge >= 0.3 is 0 Å². The largest absolute Gasteiger partial charge is 0.481 e. The van der Waals surface area contributed by atoms with Crippen LogP contribution >= 0.6 is 23.2 Å². The molecule has 2 heterocycles. The molecule has 162 valence electrons. The number of H-pyrrole nitrogens is 1. The predicted molar refractivity (Wildman–Crippen MR) is 125 cm³/mol. The number of hydrogen-bond acceptors (Lipinski definition) is 5. The number of nitrogen functional groups attached to an aromatic ring is 1. The van der Waals surface area contributed by atoms with Gasteiger partial charge in [0.15, 0.2) is 0 Å². The maximum Gasteiger partial charge on any atom is 0.300 e. The van der Waals surface area contributed by atoms with Gasteiger partial charge in [0.1, 0.15) is 5.69 Å². The molecule has 0 radical (unpaired) electrons. The standard InChI is InChI=1S/C19H17Cl2N5O.C2H4O2/c20-13-7-15-16(8-14(13)21)25-19(27)18(24-15)12-9-26(5-1-4-22)17-3-2-10(23)6-11(12)17;1-2(3)4/h2-3,6-9H,1,4-5,22-23H2,(H,25,27);1H3,(H,3,4). The maximum atomic E-state index is 12.7. The lowest BCUT2D eigenvalue weighted by Gasteiger charge is -2.04. The molecule has 0 aliphatic carbocycles. The lowest BCUT2D eigenvalue weighted by Crippen LogP contribution is -2.11. The zero-order valence-corrected chi connectivity index (χ0v) is 18.2. The van der Waals surface area contributed by atoms with Gasteiger partial charge in [0, 0.05) is 41.8 Å².